The van der Waals surface area contributed by atoms with E-state index in [1.165, 1.54) is 0 Å². The fourth-order valence-electron chi connectivity index (χ4n) is 2.26. The van der Waals surface area contributed by atoms with E-state index in [1.807, 2.05) is 25.7 Å². The van der Waals surface area contributed by atoms with Crippen LogP contribution in [0.5, 0.6) is 0 Å². The van der Waals surface area contributed by atoms with Crippen LogP contribution >= 0.6 is 0 Å². The molecule has 6 heteroatoms. The first kappa shape index (κ1) is 13.9. The van der Waals surface area contributed by atoms with E-state index >= 15 is 0 Å². The molecule has 1 unspecified atom stereocenters. The predicted molar refractivity (Wildman–Crippen MR) is 64.8 cm³/mol. The van der Waals surface area contributed by atoms with Crippen LogP contribution in [0.15, 0.2) is 0 Å². The molecule has 0 bridgehead atoms. The molecule has 1 aliphatic heterocycles. The zero-order valence-electron chi connectivity index (χ0n) is 10.7. The summed E-state index contributed by atoms with van der Waals surface area (Å²) in [4.78, 5) is 25.5. The van der Waals surface area contributed by atoms with Crippen molar-refractivity contribution in [2.24, 2.45) is 5.84 Å². The summed E-state index contributed by atoms with van der Waals surface area (Å²) < 4.78 is 0. The molecule has 0 spiro atoms. The second kappa shape index (κ2) is 5.46. The summed E-state index contributed by atoms with van der Waals surface area (Å²) in [6.07, 6.45) is 1.56. The van der Waals surface area contributed by atoms with Crippen LogP contribution in [-0.2, 0) is 9.59 Å². The summed E-state index contributed by atoms with van der Waals surface area (Å²) in [5, 5.41) is 2.81. The number of piperazine rings is 1. The van der Waals surface area contributed by atoms with E-state index < -0.39 is 5.54 Å². The van der Waals surface area contributed by atoms with Crippen molar-refractivity contribution >= 4 is 11.8 Å². The maximum atomic E-state index is 11.8. The number of rotatable bonds is 4. The molecule has 1 atom stereocenters. The van der Waals surface area contributed by atoms with Gasteiger partial charge in [-0.05, 0) is 20.3 Å². The number of nitrogens with two attached hydrogens (primary N) is 1. The Morgan fingerprint density at radius 1 is 1.65 bits per heavy atom. The Kier molecular flexibility index (Phi) is 4.47. The monoisotopic (exact) mass is 242 g/mol. The van der Waals surface area contributed by atoms with Crippen molar-refractivity contribution in [2.75, 3.05) is 13.1 Å². The third kappa shape index (κ3) is 2.76. The molecule has 0 radical (unpaired) electrons. The molecule has 1 saturated heterocycles. The van der Waals surface area contributed by atoms with Gasteiger partial charge in [-0.2, -0.15) is 0 Å². The maximum Gasteiger partial charge on any atom is 0.251 e. The summed E-state index contributed by atoms with van der Waals surface area (Å²) in [6.45, 7) is 6.90. The normalized spacial score (nSPS) is 21.8. The molecule has 4 N–H and O–H groups in total. The van der Waals surface area contributed by atoms with Gasteiger partial charge in [0.25, 0.3) is 5.91 Å². The molecule has 17 heavy (non-hydrogen) atoms. The number of nitrogens with one attached hydrogen (secondary N) is 2. The van der Waals surface area contributed by atoms with Crippen LogP contribution in [0.2, 0.25) is 0 Å². The maximum absolute atomic E-state index is 11.8. The first-order valence-corrected chi connectivity index (χ1v) is 6.00. The van der Waals surface area contributed by atoms with E-state index in [0.29, 0.717) is 19.5 Å². The molecule has 1 aliphatic rings. The van der Waals surface area contributed by atoms with E-state index in [9.17, 15) is 9.59 Å². The molecule has 0 aromatic rings. The van der Waals surface area contributed by atoms with E-state index in [0.717, 1.165) is 6.42 Å². The summed E-state index contributed by atoms with van der Waals surface area (Å²) in [5.41, 5.74) is 1.51. The van der Waals surface area contributed by atoms with Crippen molar-refractivity contribution in [1.82, 2.24) is 15.6 Å². The summed E-state index contributed by atoms with van der Waals surface area (Å²) in [7, 11) is 0. The number of amides is 2. The minimum Gasteiger partial charge on any atom is -0.353 e. The lowest BCUT2D eigenvalue weighted by atomic mass is 9.94. The minimum atomic E-state index is -0.676. The number of hydrazine groups is 1. The summed E-state index contributed by atoms with van der Waals surface area (Å²) in [6, 6.07) is -0.342. The van der Waals surface area contributed by atoms with Crippen molar-refractivity contribution in [3.63, 3.8) is 0 Å². The highest BCUT2D eigenvalue weighted by atomic mass is 16.2. The SMILES string of the molecule is CCCC(C(=O)NN)N1CCNC(=O)C1(C)C. The van der Waals surface area contributed by atoms with Crippen molar-refractivity contribution in [3.8, 4) is 0 Å². The topological polar surface area (TPSA) is 87.5 Å². The Morgan fingerprint density at radius 2 is 2.29 bits per heavy atom. The lowest BCUT2D eigenvalue weighted by Crippen LogP contribution is -2.67. The van der Waals surface area contributed by atoms with Crippen LogP contribution in [0, 0.1) is 0 Å². The molecule has 0 aromatic carbocycles. The molecule has 1 heterocycles. The Hall–Kier alpha value is -1.14. The van der Waals surface area contributed by atoms with Crippen LogP contribution in [0.4, 0.5) is 0 Å². The van der Waals surface area contributed by atoms with Gasteiger partial charge in [-0.1, -0.05) is 13.3 Å². The third-order valence-corrected chi connectivity index (χ3v) is 3.30. The highest BCUT2D eigenvalue weighted by molar-refractivity contribution is 5.88. The van der Waals surface area contributed by atoms with Crippen LogP contribution in [0.25, 0.3) is 0 Å². The molecule has 0 aromatic heterocycles. The molecule has 2 amide bonds. The number of nitrogens with zero attached hydrogens (tertiary/aromatic N) is 1. The minimum absolute atomic E-state index is 0.0466. The molecule has 0 aliphatic carbocycles. The first-order chi connectivity index (χ1) is 7.95. The Labute approximate surface area is 102 Å². The highest BCUT2D eigenvalue weighted by Crippen LogP contribution is 2.23. The molecule has 6 nitrogen and oxygen atoms in total. The van der Waals surface area contributed by atoms with Gasteiger partial charge in [0.15, 0.2) is 0 Å². The number of carbonyl (C=O) groups excluding carboxylic acids is 2. The Bertz CT molecular complexity index is 304. The van der Waals surface area contributed by atoms with Crippen LogP contribution in [0.1, 0.15) is 33.6 Å². The smallest absolute Gasteiger partial charge is 0.251 e. The predicted octanol–water partition coefficient (Wildman–Crippen LogP) is -0.645. The zero-order valence-corrected chi connectivity index (χ0v) is 10.7. The van der Waals surface area contributed by atoms with Crippen LogP contribution in [-0.4, -0.2) is 41.4 Å². The molecule has 1 rings (SSSR count). The van der Waals surface area contributed by atoms with E-state index in [-0.39, 0.29) is 17.9 Å². The number of carbonyl (C=O) groups is 2. The van der Waals surface area contributed by atoms with Crippen molar-refractivity contribution < 1.29 is 9.59 Å². The highest BCUT2D eigenvalue weighted by Gasteiger charge is 2.42. The van der Waals surface area contributed by atoms with Gasteiger partial charge in [0, 0.05) is 13.1 Å². The van der Waals surface area contributed by atoms with E-state index in [1.54, 1.807) is 0 Å². The molecular formula is C11H22N4O2. The lowest BCUT2D eigenvalue weighted by Gasteiger charge is -2.44. The van der Waals surface area contributed by atoms with Gasteiger partial charge in [0.1, 0.15) is 0 Å². The lowest BCUT2D eigenvalue weighted by molar-refractivity contribution is -0.142. The fraction of sp³-hybridized carbons (Fsp3) is 0.818. The van der Waals surface area contributed by atoms with Gasteiger partial charge >= 0.3 is 0 Å². The second-order valence-electron chi connectivity index (χ2n) is 4.82. The average Bonchev–Trinajstić information content (AvgIpc) is 2.29. The largest absolute Gasteiger partial charge is 0.353 e. The number of hydrogen-bond donors (Lipinski definition) is 3. The Morgan fingerprint density at radius 3 is 2.82 bits per heavy atom. The molecule has 1 fully saturated rings. The molecule has 0 saturated carbocycles. The summed E-state index contributed by atoms with van der Waals surface area (Å²) >= 11 is 0. The quantitative estimate of drug-likeness (QED) is 0.347. The van der Waals surface area contributed by atoms with Gasteiger partial charge in [-0.3, -0.25) is 19.9 Å². The van der Waals surface area contributed by atoms with Crippen LogP contribution in [0.3, 0.4) is 0 Å². The molecular weight excluding hydrogens is 220 g/mol. The van der Waals surface area contributed by atoms with Gasteiger partial charge in [-0.15, -0.1) is 0 Å². The average molecular weight is 242 g/mol. The van der Waals surface area contributed by atoms with Gasteiger partial charge < -0.3 is 5.32 Å². The number of hydrogen-bond acceptors (Lipinski definition) is 4. The standard InChI is InChI=1S/C11H22N4O2/c1-4-5-8(9(16)14-12)15-7-6-13-10(17)11(15,2)3/h8H,4-7,12H2,1-3H3,(H,13,17)(H,14,16). The van der Waals surface area contributed by atoms with E-state index in [2.05, 4.69) is 10.7 Å². The second-order valence-corrected chi connectivity index (χ2v) is 4.82. The first-order valence-electron chi connectivity index (χ1n) is 6.00. The Balaban J connectivity index is 2.92. The summed E-state index contributed by atoms with van der Waals surface area (Å²) in [5.74, 6) is 4.93. The van der Waals surface area contributed by atoms with Crippen molar-refractivity contribution in [3.05, 3.63) is 0 Å². The van der Waals surface area contributed by atoms with Gasteiger partial charge in [0.2, 0.25) is 5.91 Å². The fourth-order valence-corrected chi connectivity index (χ4v) is 2.26. The third-order valence-electron chi connectivity index (χ3n) is 3.30. The van der Waals surface area contributed by atoms with Crippen LogP contribution < -0.4 is 16.6 Å². The van der Waals surface area contributed by atoms with Gasteiger partial charge in [0.05, 0.1) is 11.6 Å². The van der Waals surface area contributed by atoms with E-state index in [4.69, 9.17) is 5.84 Å². The van der Waals surface area contributed by atoms with Crippen molar-refractivity contribution in [2.45, 2.75) is 45.2 Å². The zero-order chi connectivity index (χ0) is 13.1. The van der Waals surface area contributed by atoms with Crippen molar-refractivity contribution in [1.29, 1.82) is 0 Å². The molecule has 98 valence electrons. The van der Waals surface area contributed by atoms with Gasteiger partial charge in [-0.25, -0.2) is 5.84 Å².